The van der Waals surface area contributed by atoms with Gasteiger partial charge in [-0.15, -0.1) is 36.2 Å². The largest absolute Gasteiger partial charge is 0.379 e. The van der Waals surface area contributed by atoms with Gasteiger partial charge in [0.2, 0.25) is 0 Å². The van der Waals surface area contributed by atoms with Gasteiger partial charge in [0.1, 0.15) is 6.10 Å². The summed E-state index contributed by atoms with van der Waals surface area (Å²) in [5.74, 6) is 0.0621. The lowest BCUT2D eigenvalue weighted by molar-refractivity contribution is -0.144. The molecule has 2 saturated heterocycles. The van der Waals surface area contributed by atoms with Gasteiger partial charge in [0.25, 0.3) is 5.91 Å². The lowest BCUT2D eigenvalue weighted by Crippen LogP contribution is -2.50. The maximum Gasteiger partial charge on any atom is 0.252 e. The summed E-state index contributed by atoms with van der Waals surface area (Å²) in [7, 11) is 1.88. The Morgan fingerprint density at radius 1 is 1.40 bits per heavy atom. The summed E-state index contributed by atoms with van der Waals surface area (Å²) in [4.78, 5) is 18.1. The highest BCUT2D eigenvalue weighted by Crippen LogP contribution is 2.27. The molecule has 0 aliphatic carbocycles. The van der Waals surface area contributed by atoms with Crippen molar-refractivity contribution in [3.8, 4) is 0 Å². The lowest BCUT2D eigenvalue weighted by Gasteiger charge is -2.37. The number of halogens is 2. The zero-order chi connectivity index (χ0) is 16.1. The number of ether oxygens (including phenoxy) is 2. The Bertz CT molecular complexity index is 495. The molecule has 2 aliphatic heterocycles. The highest BCUT2D eigenvalue weighted by atomic mass is 35.5. The van der Waals surface area contributed by atoms with Crippen molar-refractivity contribution in [1.82, 2.24) is 15.1 Å². The lowest BCUT2D eigenvalue weighted by atomic mass is 10.1. The van der Waals surface area contributed by atoms with E-state index in [1.165, 1.54) is 4.88 Å². The maximum absolute atomic E-state index is 12.6. The molecule has 2 atom stereocenters. The predicted molar refractivity (Wildman–Crippen MR) is 104 cm³/mol. The molecule has 0 spiro atoms. The van der Waals surface area contributed by atoms with Crippen LogP contribution >= 0.6 is 36.2 Å². The summed E-state index contributed by atoms with van der Waals surface area (Å²) in [5, 5.41) is 5.31. The summed E-state index contributed by atoms with van der Waals surface area (Å²) in [6.45, 7) is 6.04. The number of carbonyl (C=O) groups excluding carboxylic acids is 1. The van der Waals surface area contributed by atoms with Crippen molar-refractivity contribution in [1.29, 1.82) is 0 Å². The standard InChI is InChI=1S/C16H25N3O3S.2ClH/c1-18(16(20)14-11-17-4-7-22-14)12-13(15-3-2-10-23-15)19-5-8-21-9-6-19;;/h2-3,10,13-14,17H,4-9,11-12H2,1H3;2*1H. The van der Waals surface area contributed by atoms with Gasteiger partial charge in [-0.3, -0.25) is 9.69 Å². The van der Waals surface area contributed by atoms with Crippen LogP contribution in [0, 0.1) is 0 Å². The third-order valence-corrected chi connectivity index (χ3v) is 5.36. The van der Waals surface area contributed by atoms with Crippen molar-refractivity contribution in [2.24, 2.45) is 0 Å². The van der Waals surface area contributed by atoms with Crippen LogP contribution < -0.4 is 5.32 Å². The van der Waals surface area contributed by atoms with Crippen molar-refractivity contribution < 1.29 is 14.3 Å². The van der Waals surface area contributed by atoms with E-state index in [-0.39, 0.29) is 42.9 Å². The smallest absolute Gasteiger partial charge is 0.252 e. The van der Waals surface area contributed by atoms with Crippen LogP contribution in [0.25, 0.3) is 0 Å². The number of hydrogen-bond donors (Lipinski definition) is 1. The van der Waals surface area contributed by atoms with Crippen LogP contribution in [0.4, 0.5) is 0 Å². The molecular weight excluding hydrogens is 385 g/mol. The number of nitrogens with one attached hydrogen (secondary N) is 1. The molecule has 1 N–H and O–H groups in total. The number of thiophene rings is 1. The first-order valence-electron chi connectivity index (χ1n) is 8.18. The normalized spacial score (nSPS) is 22.4. The van der Waals surface area contributed by atoms with Crippen LogP contribution in [0.15, 0.2) is 17.5 Å². The first-order valence-corrected chi connectivity index (χ1v) is 9.06. The van der Waals surface area contributed by atoms with Gasteiger partial charge in [-0.25, -0.2) is 0 Å². The molecule has 2 aliphatic rings. The molecule has 2 unspecified atom stereocenters. The van der Waals surface area contributed by atoms with E-state index in [0.29, 0.717) is 19.7 Å². The minimum atomic E-state index is -0.359. The highest BCUT2D eigenvalue weighted by Gasteiger charge is 2.30. The van der Waals surface area contributed by atoms with E-state index in [0.717, 1.165) is 32.8 Å². The van der Waals surface area contributed by atoms with Crippen LogP contribution in [-0.4, -0.2) is 81.4 Å². The average Bonchev–Trinajstić information content (AvgIpc) is 3.14. The Hall–Kier alpha value is -0.410. The molecule has 0 bridgehead atoms. The van der Waals surface area contributed by atoms with Gasteiger partial charge in [0, 0.05) is 44.6 Å². The monoisotopic (exact) mass is 411 g/mol. The Labute approximate surface area is 165 Å². The van der Waals surface area contributed by atoms with E-state index >= 15 is 0 Å². The van der Waals surface area contributed by atoms with Crippen molar-refractivity contribution in [2.45, 2.75) is 12.1 Å². The zero-order valence-corrected chi connectivity index (χ0v) is 16.8. The fraction of sp³-hybridized carbons (Fsp3) is 0.688. The number of morpholine rings is 2. The molecule has 3 rings (SSSR count). The van der Waals surface area contributed by atoms with Crippen molar-refractivity contribution in [3.63, 3.8) is 0 Å². The maximum atomic E-state index is 12.6. The van der Waals surface area contributed by atoms with Crippen LogP contribution in [0.1, 0.15) is 10.9 Å². The molecule has 6 nitrogen and oxygen atoms in total. The molecule has 9 heteroatoms. The van der Waals surface area contributed by atoms with E-state index in [9.17, 15) is 4.79 Å². The van der Waals surface area contributed by atoms with Gasteiger partial charge < -0.3 is 19.7 Å². The third-order valence-electron chi connectivity index (χ3n) is 4.38. The van der Waals surface area contributed by atoms with Crippen LogP contribution in [0.2, 0.25) is 0 Å². The van der Waals surface area contributed by atoms with Gasteiger partial charge in [0.05, 0.1) is 25.9 Å². The van der Waals surface area contributed by atoms with Crippen LogP contribution in [0.3, 0.4) is 0 Å². The van der Waals surface area contributed by atoms with Crippen molar-refractivity contribution in [3.05, 3.63) is 22.4 Å². The van der Waals surface area contributed by atoms with E-state index in [1.807, 2.05) is 11.9 Å². The Morgan fingerprint density at radius 3 is 2.76 bits per heavy atom. The molecule has 1 aromatic heterocycles. The molecule has 1 aromatic rings. The average molecular weight is 412 g/mol. The number of carbonyl (C=O) groups is 1. The van der Waals surface area contributed by atoms with Crippen molar-refractivity contribution >= 4 is 42.1 Å². The van der Waals surface area contributed by atoms with E-state index in [2.05, 4.69) is 27.7 Å². The topological polar surface area (TPSA) is 54.0 Å². The fourth-order valence-electron chi connectivity index (χ4n) is 3.07. The quantitative estimate of drug-likeness (QED) is 0.793. The van der Waals surface area contributed by atoms with Gasteiger partial charge >= 0.3 is 0 Å². The molecule has 144 valence electrons. The number of likely N-dealkylation sites (N-methyl/N-ethyl adjacent to an activating group) is 1. The summed E-state index contributed by atoms with van der Waals surface area (Å²) in [6.07, 6.45) is -0.359. The molecule has 1 amide bonds. The van der Waals surface area contributed by atoms with Gasteiger partial charge in [-0.05, 0) is 11.4 Å². The minimum absolute atomic E-state index is 0. The second-order valence-electron chi connectivity index (χ2n) is 5.96. The van der Waals surface area contributed by atoms with Crippen LogP contribution in [-0.2, 0) is 14.3 Å². The summed E-state index contributed by atoms with van der Waals surface area (Å²) in [6, 6.07) is 4.45. The first-order chi connectivity index (χ1) is 11.3. The number of amides is 1. The van der Waals surface area contributed by atoms with E-state index < -0.39 is 0 Å². The third kappa shape index (κ3) is 6.06. The van der Waals surface area contributed by atoms with E-state index in [1.54, 1.807) is 11.3 Å². The van der Waals surface area contributed by atoms with Gasteiger partial charge in [-0.2, -0.15) is 0 Å². The number of rotatable bonds is 5. The highest BCUT2D eigenvalue weighted by molar-refractivity contribution is 7.10. The molecular formula is C16H27Cl2N3O3S. The molecule has 3 heterocycles. The van der Waals surface area contributed by atoms with E-state index in [4.69, 9.17) is 9.47 Å². The Kier molecular flexibility index (Phi) is 10.3. The summed E-state index contributed by atoms with van der Waals surface area (Å²) < 4.78 is 11.1. The van der Waals surface area contributed by atoms with Crippen LogP contribution in [0.5, 0.6) is 0 Å². The predicted octanol–water partition coefficient (Wildman–Crippen LogP) is 1.41. The summed E-state index contributed by atoms with van der Waals surface area (Å²) in [5.41, 5.74) is 0. The van der Waals surface area contributed by atoms with Gasteiger partial charge in [0.15, 0.2) is 0 Å². The van der Waals surface area contributed by atoms with Crippen molar-refractivity contribution in [2.75, 3.05) is 59.6 Å². The minimum Gasteiger partial charge on any atom is -0.379 e. The molecule has 25 heavy (non-hydrogen) atoms. The zero-order valence-electron chi connectivity index (χ0n) is 14.4. The number of nitrogens with zero attached hydrogens (tertiary/aromatic N) is 2. The Morgan fingerprint density at radius 2 is 2.16 bits per heavy atom. The molecule has 0 radical (unpaired) electrons. The number of hydrogen-bond acceptors (Lipinski definition) is 6. The molecule has 2 fully saturated rings. The summed E-state index contributed by atoms with van der Waals surface area (Å²) >= 11 is 1.75. The fourth-order valence-corrected chi connectivity index (χ4v) is 3.93. The molecule has 0 aromatic carbocycles. The Balaban J connectivity index is 0.00000156. The van der Waals surface area contributed by atoms with Gasteiger partial charge in [-0.1, -0.05) is 6.07 Å². The SMILES string of the molecule is CN(CC(c1cccs1)N1CCOCC1)C(=O)C1CNCCO1.Cl.Cl. The second kappa shape index (κ2) is 11.3. The second-order valence-corrected chi connectivity index (χ2v) is 6.94. The first kappa shape index (κ1) is 22.6. The molecule has 0 saturated carbocycles.